The number of hydrogen-bond acceptors (Lipinski definition) is 7. The van der Waals surface area contributed by atoms with Crippen molar-refractivity contribution in [2.45, 2.75) is 34.1 Å². The largest absolute Gasteiger partial charge is 0.462 e. The highest BCUT2D eigenvalue weighted by Crippen LogP contribution is 2.38. The van der Waals surface area contributed by atoms with Crippen molar-refractivity contribution in [2.75, 3.05) is 13.2 Å². The summed E-state index contributed by atoms with van der Waals surface area (Å²) < 4.78 is 12.6. The zero-order chi connectivity index (χ0) is 33.5. The maximum atomic E-state index is 13.9. The smallest absolute Gasteiger partial charge is 0.348 e. The number of ether oxygens (including phenoxy) is 2. The number of rotatable bonds is 11. The number of aromatic nitrogens is 1. The highest BCUT2D eigenvalue weighted by atomic mass is 32.1. The topological polar surface area (TPSA) is 98.4 Å². The Morgan fingerprint density at radius 3 is 2.02 bits per heavy atom. The van der Waals surface area contributed by atoms with Gasteiger partial charge in [-0.05, 0) is 68.7 Å². The molecule has 0 amide bonds. The van der Waals surface area contributed by atoms with Gasteiger partial charge in [0.15, 0.2) is 5.78 Å². The van der Waals surface area contributed by atoms with Crippen LogP contribution in [0.3, 0.4) is 0 Å². The molecule has 0 atom stereocenters. The van der Waals surface area contributed by atoms with Crippen LogP contribution in [0, 0.1) is 25.2 Å². The molecule has 5 aromatic rings. The third kappa shape index (κ3) is 7.01. The summed E-state index contributed by atoms with van der Waals surface area (Å²) in [7, 11) is 0. The van der Waals surface area contributed by atoms with E-state index in [1.807, 2.05) is 85.8 Å². The molecule has 5 rings (SSSR count). The number of carbonyl (C=O) groups excluding carboxylic acids is 3. The summed E-state index contributed by atoms with van der Waals surface area (Å²) in [4.78, 5) is 40.1. The van der Waals surface area contributed by atoms with Crippen molar-refractivity contribution >= 4 is 35.1 Å². The number of nitriles is 1. The molecule has 0 N–H and O–H groups in total. The van der Waals surface area contributed by atoms with Crippen molar-refractivity contribution in [2.24, 2.45) is 0 Å². The number of Topliss-reactive ketones (excluding diaryl/α,β-unsaturated/α-hetero) is 1. The second-order valence-electron chi connectivity index (χ2n) is 10.8. The summed E-state index contributed by atoms with van der Waals surface area (Å²) in [6.07, 6.45) is 1.35. The number of hydrogen-bond donors (Lipinski definition) is 0. The van der Waals surface area contributed by atoms with Gasteiger partial charge in [-0.2, -0.15) is 5.26 Å². The van der Waals surface area contributed by atoms with Gasteiger partial charge in [0.1, 0.15) is 10.9 Å². The fourth-order valence-corrected chi connectivity index (χ4v) is 6.63. The molecule has 0 saturated heterocycles. The first-order valence-electron chi connectivity index (χ1n) is 15.3. The predicted molar refractivity (Wildman–Crippen MR) is 185 cm³/mol. The summed E-state index contributed by atoms with van der Waals surface area (Å²) >= 11 is 1.02. The zero-order valence-electron chi connectivity index (χ0n) is 26.7. The maximum Gasteiger partial charge on any atom is 0.348 e. The highest BCUT2D eigenvalue weighted by Gasteiger charge is 2.28. The Morgan fingerprint density at radius 1 is 0.830 bits per heavy atom. The minimum absolute atomic E-state index is 0.0820. The minimum Gasteiger partial charge on any atom is -0.462 e. The van der Waals surface area contributed by atoms with E-state index in [2.05, 4.69) is 22.8 Å². The van der Waals surface area contributed by atoms with E-state index in [9.17, 15) is 19.6 Å². The first-order chi connectivity index (χ1) is 22.8. The molecule has 3 aromatic carbocycles. The number of allylic oxidation sites excluding steroid dienone is 1. The van der Waals surface area contributed by atoms with Crippen LogP contribution in [0.25, 0.3) is 34.3 Å². The molecule has 0 spiro atoms. The van der Waals surface area contributed by atoms with Gasteiger partial charge in [0, 0.05) is 22.5 Å². The van der Waals surface area contributed by atoms with E-state index in [0.29, 0.717) is 16.0 Å². The Labute approximate surface area is 278 Å². The average Bonchev–Trinajstić information content (AvgIpc) is 3.62. The van der Waals surface area contributed by atoms with Gasteiger partial charge in [-0.3, -0.25) is 4.79 Å². The molecule has 0 aliphatic heterocycles. The fraction of sp³-hybridized carbons (Fsp3) is 0.179. The summed E-state index contributed by atoms with van der Waals surface area (Å²) in [6.45, 7) is 7.34. The molecule has 0 bridgehead atoms. The molecule has 0 radical (unpaired) electrons. The van der Waals surface area contributed by atoms with Crippen molar-refractivity contribution in [3.63, 3.8) is 0 Å². The van der Waals surface area contributed by atoms with Crippen molar-refractivity contribution in [3.05, 3.63) is 129 Å². The lowest BCUT2D eigenvalue weighted by Gasteiger charge is -2.15. The van der Waals surface area contributed by atoms with Crippen LogP contribution < -0.4 is 0 Å². The Bertz CT molecular complexity index is 2000. The number of nitrogens with zero attached hydrogens (tertiary/aromatic N) is 2. The fourth-order valence-electron chi connectivity index (χ4n) is 5.45. The zero-order valence-corrected chi connectivity index (χ0v) is 27.5. The van der Waals surface area contributed by atoms with Crippen LogP contribution >= 0.6 is 11.3 Å². The van der Waals surface area contributed by atoms with Gasteiger partial charge in [-0.25, -0.2) is 9.59 Å². The van der Waals surface area contributed by atoms with Crippen molar-refractivity contribution in [3.8, 4) is 34.3 Å². The van der Waals surface area contributed by atoms with Crippen LogP contribution in [0.1, 0.15) is 55.4 Å². The molecular formula is C39H34N2O5S. The lowest BCUT2D eigenvalue weighted by atomic mass is 10.0. The van der Waals surface area contributed by atoms with Gasteiger partial charge >= 0.3 is 11.9 Å². The predicted octanol–water partition coefficient (Wildman–Crippen LogP) is 8.56. The van der Waals surface area contributed by atoms with Gasteiger partial charge < -0.3 is 14.0 Å². The Balaban J connectivity index is 1.67. The molecule has 0 aliphatic carbocycles. The number of ketones is 1. The Morgan fingerprint density at radius 2 is 1.43 bits per heavy atom. The maximum absolute atomic E-state index is 13.9. The number of benzene rings is 3. The summed E-state index contributed by atoms with van der Waals surface area (Å²) in [5.74, 6) is -1.69. The lowest BCUT2D eigenvalue weighted by Crippen LogP contribution is -2.12. The van der Waals surface area contributed by atoms with Gasteiger partial charge in [0.2, 0.25) is 0 Å². The van der Waals surface area contributed by atoms with E-state index in [1.54, 1.807) is 26.8 Å². The monoisotopic (exact) mass is 642 g/mol. The second-order valence-corrected chi connectivity index (χ2v) is 11.9. The van der Waals surface area contributed by atoms with E-state index < -0.39 is 17.7 Å². The molecule has 2 aromatic heterocycles. The average molecular weight is 643 g/mol. The van der Waals surface area contributed by atoms with E-state index >= 15 is 0 Å². The normalized spacial score (nSPS) is 11.2. The molecule has 0 fully saturated rings. The summed E-state index contributed by atoms with van der Waals surface area (Å²) in [6, 6.07) is 32.1. The van der Waals surface area contributed by atoms with Gasteiger partial charge in [0.25, 0.3) is 0 Å². The molecule has 0 unspecified atom stereocenters. The standard InChI is InChI=1S/C39H34N2O5S/c1-5-45-38(43)35-26(4)37(39(44)46-6-2)47-34(35)23-33(42)30(24-40)21-29-22-32(27-13-9-7-10-14-27)41(31-19-17-25(3)18-20-31)36(29)28-15-11-8-12-16-28/h7-22H,5-6,23H2,1-4H3/b30-21+. The number of aryl methyl sites for hydroxylation is 1. The number of esters is 2. The van der Waals surface area contributed by atoms with Crippen molar-refractivity contribution < 1.29 is 23.9 Å². The summed E-state index contributed by atoms with van der Waals surface area (Å²) in [5, 5.41) is 10.3. The van der Waals surface area contributed by atoms with E-state index in [4.69, 9.17) is 9.47 Å². The van der Waals surface area contributed by atoms with Crippen LogP contribution in [0.5, 0.6) is 0 Å². The quantitative estimate of drug-likeness (QED) is 0.0813. The van der Waals surface area contributed by atoms with Gasteiger partial charge in [-0.15, -0.1) is 11.3 Å². The Kier molecular flexibility index (Phi) is 10.3. The molecule has 8 heteroatoms. The molecular weight excluding hydrogens is 609 g/mol. The molecule has 47 heavy (non-hydrogen) atoms. The van der Waals surface area contributed by atoms with Crippen LogP contribution in [-0.2, 0) is 20.7 Å². The second kappa shape index (κ2) is 14.7. The van der Waals surface area contributed by atoms with Crippen molar-refractivity contribution in [1.29, 1.82) is 5.26 Å². The molecule has 7 nitrogen and oxygen atoms in total. The Hall–Kier alpha value is -5.52. The third-order valence-corrected chi connectivity index (χ3v) is 8.91. The third-order valence-electron chi connectivity index (χ3n) is 7.64. The van der Waals surface area contributed by atoms with Gasteiger partial charge in [-0.1, -0.05) is 78.4 Å². The van der Waals surface area contributed by atoms with Crippen LogP contribution in [0.4, 0.5) is 0 Å². The van der Waals surface area contributed by atoms with E-state index in [-0.39, 0.29) is 35.6 Å². The van der Waals surface area contributed by atoms with Crippen molar-refractivity contribution in [1.82, 2.24) is 4.57 Å². The lowest BCUT2D eigenvalue weighted by molar-refractivity contribution is -0.114. The SMILES string of the molecule is CCOC(=O)c1sc(CC(=O)/C(C#N)=C/c2cc(-c3ccccc3)n(-c3ccc(C)cc3)c2-c2ccccc2)c(C(=O)OCC)c1C. The van der Waals surface area contributed by atoms with Crippen LogP contribution in [0.15, 0.2) is 96.6 Å². The molecule has 0 aliphatic rings. The minimum atomic E-state index is -0.629. The molecule has 2 heterocycles. The number of carbonyl (C=O) groups is 3. The molecule has 236 valence electrons. The first-order valence-corrected chi connectivity index (χ1v) is 16.1. The van der Waals surface area contributed by atoms with Crippen LogP contribution in [-0.4, -0.2) is 35.5 Å². The molecule has 0 saturated carbocycles. The van der Waals surface area contributed by atoms with E-state index in [0.717, 1.165) is 45.1 Å². The first kappa shape index (κ1) is 32.9. The highest BCUT2D eigenvalue weighted by molar-refractivity contribution is 7.14. The van der Waals surface area contributed by atoms with Gasteiger partial charge in [0.05, 0.1) is 35.7 Å². The van der Waals surface area contributed by atoms with E-state index in [1.165, 1.54) is 0 Å². The summed E-state index contributed by atoms with van der Waals surface area (Å²) in [5.41, 5.74) is 6.79. The number of thiophene rings is 1. The van der Waals surface area contributed by atoms with Crippen LogP contribution in [0.2, 0.25) is 0 Å².